The minimum absolute atomic E-state index is 0.565. The number of aromatic nitrogens is 4. The predicted octanol–water partition coefficient (Wildman–Crippen LogP) is 1.42. The number of rotatable bonds is 1. The van der Waals surface area contributed by atoms with Crippen molar-refractivity contribution in [3.05, 3.63) is 35.5 Å². The van der Waals surface area contributed by atoms with Crippen LogP contribution in [-0.2, 0) is 0 Å². The summed E-state index contributed by atoms with van der Waals surface area (Å²) >= 11 is 3.18. The summed E-state index contributed by atoms with van der Waals surface area (Å²) in [5, 5.41) is 4.03. The fraction of sp³-hybridized carbons (Fsp3) is 0. The molecule has 0 saturated heterocycles. The third kappa shape index (κ3) is 1.35. The van der Waals surface area contributed by atoms with Gasteiger partial charge in [0, 0.05) is 24.7 Å². The highest BCUT2D eigenvalue weighted by Gasteiger charge is 1.97. The summed E-state index contributed by atoms with van der Waals surface area (Å²) in [4.78, 5) is 8.04. The first-order valence-corrected chi connectivity index (χ1v) is 4.14. The van der Waals surface area contributed by atoms with Crippen molar-refractivity contribution in [2.45, 2.75) is 0 Å². The maximum atomic E-state index is 4.12. The molecule has 4 nitrogen and oxygen atoms in total. The summed E-state index contributed by atoms with van der Waals surface area (Å²) in [5.41, 5.74) is 0. The van der Waals surface area contributed by atoms with Gasteiger partial charge in [0.1, 0.15) is 0 Å². The molecule has 2 heterocycles. The molecule has 12 heavy (non-hydrogen) atoms. The molecule has 2 aromatic heterocycles. The Morgan fingerprint density at radius 2 is 2.25 bits per heavy atom. The summed E-state index contributed by atoms with van der Waals surface area (Å²) < 4.78 is 2.24. The van der Waals surface area contributed by atoms with E-state index in [1.54, 1.807) is 23.1 Å². The Morgan fingerprint density at radius 1 is 1.33 bits per heavy atom. The molecule has 0 N–H and O–H groups in total. The molecule has 5 heteroatoms. The highest BCUT2D eigenvalue weighted by atomic mass is 79.9. The second-order valence-electron chi connectivity index (χ2n) is 2.13. The summed E-state index contributed by atoms with van der Waals surface area (Å²) in [7, 11) is 0. The van der Waals surface area contributed by atoms with Gasteiger partial charge in [-0.25, -0.2) is 14.6 Å². The van der Waals surface area contributed by atoms with E-state index in [-0.39, 0.29) is 0 Å². The first-order chi connectivity index (χ1) is 5.86. The molecule has 0 aliphatic heterocycles. The molecule has 0 fully saturated rings. The Labute approximate surface area is 77.4 Å². The van der Waals surface area contributed by atoms with Crippen molar-refractivity contribution >= 4 is 15.9 Å². The molecule has 0 radical (unpaired) electrons. The zero-order chi connectivity index (χ0) is 8.39. The second-order valence-corrected chi connectivity index (χ2v) is 2.84. The van der Waals surface area contributed by atoms with Crippen LogP contribution in [0.15, 0.2) is 35.5 Å². The standard InChI is InChI=1S/C7H5BrN4/c8-7-9-4-2-6(11-7)12-5-1-3-10-12/h1-5H. The largest absolute Gasteiger partial charge is 0.231 e. The summed E-state index contributed by atoms with van der Waals surface area (Å²) in [5.74, 6) is 0.752. The van der Waals surface area contributed by atoms with Gasteiger partial charge in [-0.05, 0) is 22.0 Å². The average molecular weight is 225 g/mol. The van der Waals surface area contributed by atoms with E-state index in [0.29, 0.717) is 4.73 Å². The van der Waals surface area contributed by atoms with Gasteiger partial charge < -0.3 is 0 Å². The lowest BCUT2D eigenvalue weighted by Gasteiger charge is -1.98. The lowest BCUT2D eigenvalue weighted by atomic mass is 10.6. The summed E-state index contributed by atoms with van der Waals surface area (Å²) in [6.45, 7) is 0. The third-order valence-corrected chi connectivity index (χ3v) is 1.73. The molecule has 0 saturated carbocycles. The van der Waals surface area contributed by atoms with E-state index in [0.717, 1.165) is 5.82 Å². The van der Waals surface area contributed by atoms with Gasteiger partial charge in [-0.1, -0.05) is 0 Å². The molecule has 0 aromatic carbocycles. The van der Waals surface area contributed by atoms with E-state index in [4.69, 9.17) is 0 Å². The molecule has 0 spiro atoms. The number of hydrogen-bond donors (Lipinski definition) is 0. The number of hydrogen-bond acceptors (Lipinski definition) is 3. The van der Waals surface area contributed by atoms with Crippen LogP contribution in [0.5, 0.6) is 0 Å². The zero-order valence-corrected chi connectivity index (χ0v) is 7.64. The quantitative estimate of drug-likeness (QED) is 0.689. The van der Waals surface area contributed by atoms with Crippen LogP contribution in [0.3, 0.4) is 0 Å². The van der Waals surface area contributed by atoms with E-state index >= 15 is 0 Å². The van der Waals surface area contributed by atoms with E-state index in [1.807, 2.05) is 12.3 Å². The van der Waals surface area contributed by atoms with Crippen LogP contribution in [0.4, 0.5) is 0 Å². The molecule has 60 valence electrons. The maximum Gasteiger partial charge on any atom is 0.198 e. The van der Waals surface area contributed by atoms with Gasteiger partial charge in [-0.3, -0.25) is 0 Å². The zero-order valence-electron chi connectivity index (χ0n) is 6.05. The molecule has 0 atom stereocenters. The van der Waals surface area contributed by atoms with E-state index in [2.05, 4.69) is 31.0 Å². The van der Waals surface area contributed by atoms with Crippen molar-refractivity contribution in [3.8, 4) is 5.82 Å². The van der Waals surface area contributed by atoms with Crippen molar-refractivity contribution in [2.24, 2.45) is 0 Å². The molecule has 0 aliphatic rings. The Morgan fingerprint density at radius 3 is 2.92 bits per heavy atom. The molecular weight excluding hydrogens is 220 g/mol. The summed E-state index contributed by atoms with van der Waals surface area (Å²) in [6, 6.07) is 3.63. The lowest BCUT2D eigenvalue weighted by Crippen LogP contribution is -1.98. The molecule has 0 unspecified atom stereocenters. The van der Waals surface area contributed by atoms with Gasteiger partial charge in [-0.15, -0.1) is 0 Å². The molecule has 0 amide bonds. The first kappa shape index (κ1) is 7.42. The van der Waals surface area contributed by atoms with Crippen LogP contribution in [-0.4, -0.2) is 19.7 Å². The van der Waals surface area contributed by atoms with E-state index in [1.165, 1.54) is 0 Å². The smallest absolute Gasteiger partial charge is 0.198 e. The minimum atomic E-state index is 0.565. The Kier molecular flexibility index (Phi) is 1.87. The van der Waals surface area contributed by atoms with Crippen molar-refractivity contribution < 1.29 is 0 Å². The van der Waals surface area contributed by atoms with Crippen LogP contribution < -0.4 is 0 Å². The van der Waals surface area contributed by atoms with Gasteiger partial charge in [0.25, 0.3) is 0 Å². The van der Waals surface area contributed by atoms with E-state index in [9.17, 15) is 0 Å². The van der Waals surface area contributed by atoms with Crippen LogP contribution >= 0.6 is 15.9 Å². The van der Waals surface area contributed by atoms with Crippen LogP contribution in [0, 0.1) is 0 Å². The van der Waals surface area contributed by atoms with Gasteiger partial charge in [-0.2, -0.15) is 5.10 Å². The van der Waals surface area contributed by atoms with E-state index < -0.39 is 0 Å². The van der Waals surface area contributed by atoms with Crippen molar-refractivity contribution in [1.29, 1.82) is 0 Å². The van der Waals surface area contributed by atoms with Crippen molar-refractivity contribution in [1.82, 2.24) is 19.7 Å². The second kappa shape index (κ2) is 3.02. The number of nitrogens with zero attached hydrogens (tertiary/aromatic N) is 4. The molecule has 0 aliphatic carbocycles. The average Bonchev–Trinajstić information content (AvgIpc) is 2.56. The SMILES string of the molecule is Brc1nccc(-n2cccn2)n1. The lowest BCUT2D eigenvalue weighted by molar-refractivity contribution is 0.833. The molecule has 2 aromatic rings. The van der Waals surface area contributed by atoms with Crippen molar-refractivity contribution in [2.75, 3.05) is 0 Å². The molecule has 0 bridgehead atoms. The Bertz CT molecular complexity index is 371. The Hall–Kier alpha value is -1.23. The molecular formula is C7H5BrN4. The third-order valence-electron chi connectivity index (χ3n) is 1.35. The van der Waals surface area contributed by atoms with Gasteiger partial charge in [0.15, 0.2) is 10.6 Å². The van der Waals surface area contributed by atoms with Gasteiger partial charge in [0.2, 0.25) is 0 Å². The van der Waals surface area contributed by atoms with Crippen LogP contribution in [0.1, 0.15) is 0 Å². The van der Waals surface area contributed by atoms with Gasteiger partial charge in [0.05, 0.1) is 0 Å². The molecule has 2 rings (SSSR count). The number of halogens is 1. The summed E-state index contributed by atoms with van der Waals surface area (Å²) in [6.07, 6.45) is 5.21. The Balaban J connectivity index is 2.48. The van der Waals surface area contributed by atoms with Crippen molar-refractivity contribution in [3.63, 3.8) is 0 Å². The highest BCUT2D eigenvalue weighted by molar-refractivity contribution is 9.10. The first-order valence-electron chi connectivity index (χ1n) is 3.35. The normalized spacial score (nSPS) is 10.1. The van der Waals surface area contributed by atoms with Crippen LogP contribution in [0.2, 0.25) is 0 Å². The van der Waals surface area contributed by atoms with Gasteiger partial charge >= 0.3 is 0 Å². The fourth-order valence-electron chi connectivity index (χ4n) is 0.858. The predicted molar refractivity (Wildman–Crippen MR) is 46.9 cm³/mol. The maximum absolute atomic E-state index is 4.12. The van der Waals surface area contributed by atoms with Crippen LogP contribution in [0.25, 0.3) is 5.82 Å². The monoisotopic (exact) mass is 224 g/mol. The topological polar surface area (TPSA) is 43.6 Å². The minimum Gasteiger partial charge on any atom is -0.231 e. The highest BCUT2D eigenvalue weighted by Crippen LogP contribution is 2.05. The fourth-order valence-corrected chi connectivity index (χ4v) is 1.16.